The smallest absolute Gasteiger partial charge is 0.351 e. The quantitative estimate of drug-likeness (QED) is 0.587. The molecule has 0 radical (unpaired) electrons. The maximum Gasteiger partial charge on any atom is 0.351 e. The Kier molecular flexibility index (Phi) is 3.08. The summed E-state index contributed by atoms with van der Waals surface area (Å²) in [5.74, 6) is -0.708. The van der Waals surface area contributed by atoms with Crippen LogP contribution in [-0.2, 0) is 19.1 Å². The minimum atomic E-state index is -1.13. The summed E-state index contributed by atoms with van der Waals surface area (Å²) < 4.78 is 10.9. The molecule has 4 heteroatoms. The van der Waals surface area contributed by atoms with Gasteiger partial charge < -0.3 is 9.47 Å². The first kappa shape index (κ1) is 15.1. The molecule has 2 aliphatic rings. The molecule has 0 unspecified atom stereocenters. The van der Waals surface area contributed by atoms with Gasteiger partial charge in [0.1, 0.15) is 0 Å². The van der Waals surface area contributed by atoms with Gasteiger partial charge in [-0.15, -0.1) is 6.58 Å². The first-order valence-corrected chi connectivity index (χ1v) is 7.07. The van der Waals surface area contributed by atoms with E-state index in [0.717, 1.165) is 0 Å². The number of hydrogen-bond donors (Lipinski definition) is 0. The van der Waals surface area contributed by atoms with Gasteiger partial charge in [-0.25, -0.2) is 4.79 Å². The van der Waals surface area contributed by atoms with Gasteiger partial charge in [0.15, 0.2) is 0 Å². The van der Waals surface area contributed by atoms with Crippen LogP contribution in [0, 0.1) is 16.2 Å². The largest absolute Gasteiger partial charge is 0.462 e. The Hall–Kier alpha value is -1.32. The Morgan fingerprint density at radius 3 is 2.40 bits per heavy atom. The van der Waals surface area contributed by atoms with E-state index in [1.807, 2.05) is 34.6 Å². The van der Waals surface area contributed by atoms with Crippen LogP contribution < -0.4 is 0 Å². The molecule has 4 nitrogen and oxygen atoms in total. The zero-order chi connectivity index (χ0) is 15.4. The third kappa shape index (κ3) is 1.66. The summed E-state index contributed by atoms with van der Waals surface area (Å²) in [6.45, 7) is 13.6. The van der Waals surface area contributed by atoms with Crippen LogP contribution in [0.15, 0.2) is 12.7 Å². The maximum absolute atomic E-state index is 12.6. The van der Waals surface area contributed by atoms with Crippen molar-refractivity contribution in [2.45, 2.75) is 53.1 Å². The first-order chi connectivity index (χ1) is 9.02. The summed E-state index contributed by atoms with van der Waals surface area (Å²) >= 11 is 0. The molecule has 2 bridgehead atoms. The Balaban J connectivity index is 2.22. The molecule has 20 heavy (non-hydrogen) atoms. The van der Waals surface area contributed by atoms with Crippen LogP contribution in [0.4, 0.5) is 0 Å². The van der Waals surface area contributed by atoms with Gasteiger partial charge >= 0.3 is 11.9 Å². The van der Waals surface area contributed by atoms with Gasteiger partial charge in [0, 0.05) is 10.8 Å². The molecular formula is C16H24O4. The van der Waals surface area contributed by atoms with Crippen molar-refractivity contribution < 1.29 is 19.1 Å². The van der Waals surface area contributed by atoms with Crippen molar-refractivity contribution in [1.29, 1.82) is 0 Å². The molecule has 1 saturated heterocycles. The van der Waals surface area contributed by atoms with Crippen LogP contribution >= 0.6 is 0 Å². The monoisotopic (exact) mass is 280 g/mol. The normalized spacial score (nSPS) is 34.8. The highest BCUT2D eigenvalue weighted by Gasteiger charge is 2.76. The lowest BCUT2D eigenvalue weighted by molar-refractivity contribution is -0.184. The molecular weight excluding hydrogens is 256 g/mol. The van der Waals surface area contributed by atoms with Crippen LogP contribution in [0.5, 0.6) is 0 Å². The van der Waals surface area contributed by atoms with Gasteiger partial charge in [-0.2, -0.15) is 0 Å². The number of carbonyl (C=O) groups is 2. The third-order valence-electron chi connectivity index (χ3n) is 5.54. The van der Waals surface area contributed by atoms with Crippen LogP contribution in [0.2, 0.25) is 0 Å². The van der Waals surface area contributed by atoms with Gasteiger partial charge in [0.05, 0.1) is 12.0 Å². The van der Waals surface area contributed by atoms with Gasteiger partial charge in [-0.1, -0.05) is 33.8 Å². The highest BCUT2D eigenvalue weighted by molar-refractivity contribution is 5.93. The standard InChI is InChI=1S/C16H24O4/c1-7-13(2,3)10-19-12(18)16-9-8-15(6,11(17)20-16)14(16,4)5/h7H,1,8-10H2,2-6H3/t15-,16+/m0/s1. The summed E-state index contributed by atoms with van der Waals surface area (Å²) in [6, 6.07) is 0. The van der Waals surface area contributed by atoms with Crippen LogP contribution in [-0.4, -0.2) is 24.1 Å². The number of carbonyl (C=O) groups excluding carboxylic acids is 2. The highest BCUT2D eigenvalue weighted by Crippen LogP contribution is 2.65. The van der Waals surface area contributed by atoms with E-state index in [-0.39, 0.29) is 18.0 Å². The summed E-state index contributed by atoms with van der Waals surface area (Å²) in [4.78, 5) is 24.7. The Labute approximate surface area is 120 Å². The minimum Gasteiger partial charge on any atom is -0.462 e. The first-order valence-electron chi connectivity index (χ1n) is 7.07. The molecule has 2 rings (SSSR count). The van der Waals surface area contributed by atoms with Crippen LogP contribution in [0.25, 0.3) is 0 Å². The minimum absolute atomic E-state index is 0.238. The Morgan fingerprint density at radius 1 is 1.40 bits per heavy atom. The maximum atomic E-state index is 12.6. The molecule has 0 aromatic rings. The molecule has 0 N–H and O–H groups in total. The Morgan fingerprint density at radius 2 is 2.00 bits per heavy atom. The molecule has 0 amide bonds. The fourth-order valence-corrected chi connectivity index (χ4v) is 3.13. The number of hydrogen-bond acceptors (Lipinski definition) is 4. The lowest BCUT2D eigenvalue weighted by Gasteiger charge is -2.35. The highest BCUT2D eigenvalue weighted by atomic mass is 16.6. The molecule has 1 aliphatic heterocycles. The topological polar surface area (TPSA) is 52.6 Å². The number of esters is 2. The van der Waals surface area contributed by atoms with Crippen LogP contribution in [0.3, 0.4) is 0 Å². The second-order valence-corrected chi connectivity index (χ2v) is 7.44. The van der Waals surface area contributed by atoms with Crippen LogP contribution in [0.1, 0.15) is 47.5 Å². The molecule has 2 atom stereocenters. The van der Waals surface area contributed by atoms with Crippen molar-refractivity contribution in [2.75, 3.05) is 6.61 Å². The summed E-state index contributed by atoms with van der Waals surface area (Å²) in [7, 11) is 0. The third-order valence-corrected chi connectivity index (χ3v) is 5.54. The molecule has 0 spiro atoms. The predicted octanol–water partition coefficient (Wildman–Crippen LogP) is 2.86. The summed E-state index contributed by atoms with van der Waals surface area (Å²) in [5.41, 5.74) is -2.57. The van der Waals surface area contributed by atoms with Gasteiger partial charge in [0.2, 0.25) is 5.60 Å². The predicted molar refractivity (Wildman–Crippen MR) is 74.9 cm³/mol. The van der Waals surface area contributed by atoms with E-state index < -0.39 is 22.4 Å². The molecule has 0 aromatic heterocycles. The van der Waals surface area contributed by atoms with Gasteiger partial charge in [-0.05, 0) is 19.8 Å². The number of fused-ring (bicyclic) bond motifs is 2. The SMILES string of the molecule is C=CC(C)(C)COC(=O)[C@@]12CC[C@@](C)(C(=O)O1)C2(C)C. The average molecular weight is 280 g/mol. The van der Waals surface area contributed by atoms with E-state index in [9.17, 15) is 9.59 Å². The van der Waals surface area contributed by atoms with Crippen molar-refractivity contribution >= 4 is 11.9 Å². The van der Waals surface area contributed by atoms with E-state index in [1.165, 1.54) is 0 Å². The van der Waals surface area contributed by atoms with E-state index >= 15 is 0 Å². The Bertz CT molecular complexity index is 477. The van der Waals surface area contributed by atoms with Crippen molar-refractivity contribution in [3.8, 4) is 0 Å². The second-order valence-electron chi connectivity index (χ2n) is 7.44. The lowest BCUT2D eigenvalue weighted by atomic mass is 9.66. The molecule has 1 aliphatic carbocycles. The van der Waals surface area contributed by atoms with E-state index in [1.54, 1.807) is 6.08 Å². The number of ether oxygens (including phenoxy) is 2. The second kappa shape index (κ2) is 4.09. The zero-order valence-corrected chi connectivity index (χ0v) is 13.0. The fraction of sp³-hybridized carbons (Fsp3) is 0.750. The molecule has 2 fully saturated rings. The van der Waals surface area contributed by atoms with Crippen molar-refractivity contribution in [3.63, 3.8) is 0 Å². The van der Waals surface area contributed by atoms with E-state index in [4.69, 9.17) is 9.47 Å². The molecule has 0 aromatic carbocycles. The molecule has 1 heterocycles. The van der Waals surface area contributed by atoms with Crippen molar-refractivity contribution in [1.82, 2.24) is 0 Å². The van der Waals surface area contributed by atoms with Crippen molar-refractivity contribution in [3.05, 3.63) is 12.7 Å². The van der Waals surface area contributed by atoms with Gasteiger partial charge in [0.25, 0.3) is 0 Å². The van der Waals surface area contributed by atoms with Crippen molar-refractivity contribution in [2.24, 2.45) is 16.2 Å². The van der Waals surface area contributed by atoms with E-state index in [0.29, 0.717) is 12.8 Å². The average Bonchev–Trinajstić information content (AvgIpc) is 2.66. The van der Waals surface area contributed by atoms with Gasteiger partial charge in [-0.3, -0.25) is 4.79 Å². The van der Waals surface area contributed by atoms with E-state index in [2.05, 4.69) is 6.58 Å². The lowest BCUT2D eigenvalue weighted by Crippen LogP contribution is -2.49. The number of rotatable bonds is 4. The fourth-order valence-electron chi connectivity index (χ4n) is 3.13. The summed E-state index contributed by atoms with van der Waals surface area (Å²) in [5, 5.41) is 0. The molecule has 1 saturated carbocycles. The summed E-state index contributed by atoms with van der Waals surface area (Å²) in [6.07, 6.45) is 2.96. The zero-order valence-electron chi connectivity index (χ0n) is 13.0. The molecule has 112 valence electrons.